The molecule has 0 spiro atoms. The van der Waals surface area contributed by atoms with Crippen LogP contribution in [-0.4, -0.2) is 18.8 Å². The Bertz CT molecular complexity index is 344. The maximum atomic E-state index is 13.2. The third-order valence-corrected chi connectivity index (χ3v) is 2.22. The second-order valence-corrected chi connectivity index (χ2v) is 4.80. The van der Waals surface area contributed by atoms with Crippen LogP contribution >= 0.6 is 0 Å². The lowest BCUT2D eigenvalue weighted by Gasteiger charge is -2.20. The van der Waals surface area contributed by atoms with Crippen molar-refractivity contribution >= 4 is 5.69 Å². The van der Waals surface area contributed by atoms with Crippen LogP contribution in [0.1, 0.15) is 26.3 Å². The lowest BCUT2D eigenvalue weighted by atomic mass is 10.2. The highest BCUT2D eigenvalue weighted by atomic mass is 19.1. The minimum Gasteiger partial charge on any atom is -0.382 e. The maximum absolute atomic E-state index is 13.2. The van der Waals surface area contributed by atoms with E-state index in [-0.39, 0.29) is 11.4 Å². The van der Waals surface area contributed by atoms with Crippen LogP contribution in [0, 0.1) is 12.7 Å². The molecule has 1 N–H and O–H groups in total. The fraction of sp³-hybridized carbons (Fsp3) is 0.538. The topological polar surface area (TPSA) is 21.3 Å². The first-order valence-electron chi connectivity index (χ1n) is 5.53. The molecule has 2 nitrogen and oxygen atoms in total. The van der Waals surface area contributed by atoms with E-state index in [9.17, 15) is 4.39 Å². The summed E-state index contributed by atoms with van der Waals surface area (Å²) in [5.41, 5.74) is 1.36. The van der Waals surface area contributed by atoms with Crippen LogP contribution in [0.5, 0.6) is 0 Å². The van der Waals surface area contributed by atoms with Crippen LogP contribution in [0.2, 0.25) is 0 Å². The molecule has 0 bridgehead atoms. The van der Waals surface area contributed by atoms with Crippen molar-refractivity contribution in [3.63, 3.8) is 0 Å². The summed E-state index contributed by atoms with van der Waals surface area (Å²) in [7, 11) is 0. The highest BCUT2D eigenvalue weighted by Crippen LogP contribution is 2.17. The van der Waals surface area contributed by atoms with Gasteiger partial charge in [0.05, 0.1) is 12.2 Å². The summed E-state index contributed by atoms with van der Waals surface area (Å²) in [4.78, 5) is 0. The van der Waals surface area contributed by atoms with Crippen molar-refractivity contribution < 1.29 is 9.13 Å². The fourth-order valence-corrected chi connectivity index (χ4v) is 1.34. The molecule has 1 rings (SSSR count). The van der Waals surface area contributed by atoms with Gasteiger partial charge in [-0.2, -0.15) is 0 Å². The molecule has 0 fully saturated rings. The minimum atomic E-state index is -0.179. The summed E-state index contributed by atoms with van der Waals surface area (Å²) in [5.74, 6) is -0.179. The van der Waals surface area contributed by atoms with E-state index >= 15 is 0 Å². The number of rotatable bonds is 4. The van der Waals surface area contributed by atoms with Crippen molar-refractivity contribution in [2.24, 2.45) is 0 Å². The monoisotopic (exact) mass is 225 g/mol. The zero-order valence-corrected chi connectivity index (χ0v) is 10.4. The normalized spacial score (nSPS) is 11.6. The maximum Gasteiger partial charge on any atom is 0.128 e. The minimum absolute atomic E-state index is 0.126. The highest BCUT2D eigenvalue weighted by Gasteiger charge is 2.09. The Balaban J connectivity index is 2.41. The Kier molecular flexibility index (Phi) is 4.30. The van der Waals surface area contributed by atoms with Crippen LogP contribution < -0.4 is 5.32 Å². The Morgan fingerprint density at radius 3 is 2.62 bits per heavy atom. The first-order valence-corrected chi connectivity index (χ1v) is 5.53. The molecule has 0 saturated heterocycles. The van der Waals surface area contributed by atoms with Gasteiger partial charge >= 0.3 is 0 Å². The van der Waals surface area contributed by atoms with Crippen molar-refractivity contribution in [3.8, 4) is 0 Å². The summed E-state index contributed by atoms with van der Waals surface area (Å²) >= 11 is 0. The standard InChI is InChI=1S/C13H20FNO/c1-10-11(14)6-5-7-12(10)15-8-9-16-13(2,3)4/h5-7,15H,8-9H2,1-4H3. The zero-order chi connectivity index (χ0) is 12.2. The fourth-order valence-electron chi connectivity index (χ4n) is 1.34. The number of anilines is 1. The lowest BCUT2D eigenvalue weighted by Crippen LogP contribution is -2.23. The van der Waals surface area contributed by atoms with Crippen LogP contribution in [-0.2, 0) is 4.74 Å². The smallest absolute Gasteiger partial charge is 0.128 e. The lowest BCUT2D eigenvalue weighted by molar-refractivity contribution is 0.00333. The second-order valence-electron chi connectivity index (χ2n) is 4.80. The van der Waals surface area contributed by atoms with Gasteiger partial charge in [0.25, 0.3) is 0 Å². The van der Waals surface area contributed by atoms with Gasteiger partial charge in [-0.15, -0.1) is 0 Å². The average Bonchev–Trinajstić information content (AvgIpc) is 2.17. The molecule has 3 heteroatoms. The van der Waals surface area contributed by atoms with E-state index in [1.54, 1.807) is 13.0 Å². The van der Waals surface area contributed by atoms with Gasteiger partial charge in [-0.25, -0.2) is 4.39 Å². The molecule has 16 heavy (non-hydrogen) atoms. The summed E-state index contributed by atoms with van der Waals surface area (Å²) < 4.78 is 18.8. The molecule has 0 aliphatic heterocycles. The largest absolute Gasteiger partial charge is 0.382 e. The van der Waals surface area contributed by atoms with Crippen molar-refractivity contribution in [2.45, 2.75) is 33.3 Å². The Morgan fingerprint density at radius 1 is 1.31 bits per heavy atom. The first-order chi connectivity index (χ1) is 7.40. The van der Waals surface area contributed by atoms with Crippen LogP contribution in [0.25, 0.3) is 0 Å². The Labute approximate surface area is 96.8 Å². The number of halogens is 1. The highest BCUT2D eigenvalue weighted by molar-refractivity contribution is 5.50. The van der Waals surface area contributed by atoms with Gasteiger partial charge in [-0.1, -0.05) is 6.07 Å². The van der Waals surface area contributed by atoms with E-state index in [2.05, 4.69) is 5.32 Å². The molecule has 0 saturated carbocycles. The average molecular weight is 225 g/mol. The molecule has 0 aromatic heterocycles. The van der Waals surface area contributed by atoms with Gasteiger partial charge < -0.3 is 10.1 Å². The van der Waals surface area contributed by atoms with Gasteiger partial charge in [-0.3, -0.25) is 0 Å². The molecule has 1 aromatic carbocycles. The molecule has 90 valence electrons. The van der Waals surface area contributed by atoms with E-state index < -0.39 is 0 Å². The van der Waals surface area contributed by atoms with E-state index in [1.807, 2.05) is 26.8 Å². The van der Waals surface area contributed by atoms with Crippen LogP contribution in [0.4, 0.5) is 10.1 Å². The molecule has 0 aliphatic rings. The SMILES string of the molecule is Cc1c(F)cccc1NCCOC(C)(C)C. The van der Waals surface area contributed by atoms with Crippen LogP contribution in [0.15, 0.2) is 18.2 Å². The van der Waals surface area contributed by atoms with Crippen molar-refractivity contribution in [2.75, 3.05) is 18.5 Å². The molecule has 0 radical (unpaired) electrons. The second kappa shape index (κ2) is 5.30. The molecule has 0 heterocycles. The van der Waals surface area contributed by atoms with Gasteiger partial charge in [0.2, 0.25) is 0 Å². The third kappa shape index (κ3) is 4.19. The quantitative estimate of drug-likeness (QED) is 0.793. The van der Waals surface area contributed by atoms with Gasteiger partial charge in [-0.05, 0) is 39.8 Å². The van der Waals surface area contributed by atoms with E-state index in [1.165, 1.54) is 6.07 Å². The Hall–Kier alpha value is -1.09. The predicted molar refractivity (Wildman–Crippen MR) is 65.3 cm³/mol. The molecule has 0 aliphatic carbocycles. The Morgan fingerprint density at radius 2 is 2.00 bits per heavy atom. The summed E-state index contributed by atoms with van der Waals surface area (Å²) in [6.07, 6.45) is 0. The van der Waals surface area contributed by atoms with Gasteiger partial charge in [0.1, 0.15) is 5.82 Å². The van der Waals surface area contributed by atoms with E-state index in [4.69, 9.17) is 4.74 Å². The number of hydrogen-bond acceptors (Lipinski definition) is 2. The van der Waals surface area contributed by atoms with Gasteiger partial charge in [0.15, 0.2) is 0 Å². The van der Waals surface area contributed by atoms with E-state index in [0.717, 1.165) is 5.69 Å². The molecular weight excluding hydrogens is 205 g/mol. The van der Waals surface area contributed by atoms with Crippen molar-refractivity contribution in [1.29, 1.82) is 0 Å². The van der Waals surface area contributed by atoms with E-state index in [0.29, 0.717) is 18.7 Å². The molecule has 1 aromatic rings. The predicted octanol–water partition coefficient (Wildman–Crippen LogP) is 3.36. The number of nitrogens with one attached hydrogen (secondary N) is 1. The molecule has 0 atom stereocenters. The number of ether oxygens (including phenoxy) is 1. The third-order valence-electron chi connectivity index (χ3n) is 2.22. The summed E-state index contributed by atoms with van der Waals surface area (Å²) in [5, 5.41) is 3.16. The number of hydrogen-bond donors (Lipinski definition) is 1. The number of benzene rings is 1. The molecule has 0 amide bonds. The van der Waals surface area contributed by atoms with Gasteiger partial charge in [0, 0.05) is 17.8 Å². The summed E-state index contributed by atoms with van der Waals surface area (Å²) in [6, 6.07) is 5.04. The zero-order valence-electron chi connectivity index (χ0n) is 10.4. The van der Waals surface area contributed by atoms with Crippen molar-refractivity contribution in [1.82, 2.24) is 0 Å². The first kappa shape index (κ1) is 13.0. The van der Waals surface area contributed by atoms with Crippen molar-refractivity contribution in [3.05, 3.63) is 29.6 Å². The molecular formula is C13H20FNO. The molecule has 0 unspecified atom stereocenters. The van der Waals surface area contributed by atoms with Crippen LogP contribution in [0.3, 0.4) is 0 Å². The summed E-state index contributed by atoms with van der Waals surface area (Å²) in [6.45, 7) is 9.10.